The van der Waals surface area contributed by atoms with Crippen LogP contribution in [0.5, 0.6) is 0 Å². The van der Waals surface area contributed by atoms with Gasteiger partial charge in [-0.05, 0) is 48.2 Å². The quantitative estimate of drug-likeness (QED) is 0.617. The van der Waals surface area contributed by atoms with E-state index in [1.807, 2.05) is 12.3 Å². The molecular formula is C16H15NO4S2. The van der Waals surface area contributed by atoms with E-state index in [0.717, 1.165) is 11.0 Å². The number of rotatable bonds is 6. The van der Waals surface area contributed by atoms with Crippen LogP contribution < -0.4 is 4.72 Å². The standard InChI is InChI=1S/C16H15NO4S2/c1-22-14-4-2-3-13(11-14)17-23(20,21)15-8-5-12(6-9-15)7-10-16(18)19/h2-11,17H,1H3,(H,18,19)/b10-7+. The fraction of sp³-hybridized carbons (Fsp3) is 0.0625. The zero-order chi connectivity index (χ0) is 16.9. The third kappa shape index (κ3) is 4.87. The molecule has 0 aliphatic carbocycles. The van der Waals surface area contributed by atoms with Gasteiger partial charge >= 0.3 is 5.97 Å². The second-order valence-electron chi connectivity index (χ2n) is 4.58. The van der Waals surface area contributed by atoms with E-state index in [2.05, 4.69) is 4.72 Å². The highest BCUT2D eigenvalue weighted by Gasteiger charge is 2.14. The van der Waals surface area contributed by atoms with Gasteiger partial charge in [0.25, 0.3) is 10.0 Å². The lowest BCUT2D eigenvalue weighted by Gasteiger charge is -2.09. The van der Waals surface area contributed by atoms with Gasteiger partial charge in [0, 0.05) is 16.7 Å². The van der Waals surface area contributed by atoms with Crippen molar-refractivity contribution in [1.82, 2.24) is 0 Å². The predicted molar refractivity (Wildman–Crippen MR) is 92.1 cm³/mol. The molecule has 0 saturated heterocycles. The number of sulfonamides is 1. The number of carboxylic acids is 1. The SMILES string of the molecule is CSc1cccc(NS(=O)(=O)c2ccc(/C=C/C(=O)O)cc2)c1. The van der Waals surface area contributed by atoms with E-state index in [9.17, 15) is 13.2 Å². The smallest absolute Gasteiger partial charge is 0.328 e. The van der Waals surface area contributed by atoms with E-state index >= 15 is 0 Å². The Kier molecular flexibility index (Phi) is 5.46. The fourth-order valence-electron chi connectivity index (χ4n) is 1.83. The molecule has 0 heterocycles. The van der Waals surface area contributed by atoms with Crippen molar-refractivity contribution >= 4 is 39.5 Å². The largest absolute Gasteiger partial charge is 0.478 e. The Morgan fingerprint density at radius 2 is 1.87 bits per heavy atom. The van der Waals surface area contributed by atoms with E-state index < -0.39 is 16.0 Å². The van der Waals surface area contributed by atoms with Crippen molar-refractivity contribution in [3.8, 4) is 0 Å². The fourth-order valence-corrected chi connectivity index (χ4v) is 3.34. The van der Waals surface area contributed by atoms with Crippen LogP contribution in [0.1, 0.15) is 5.56 Å². The number of carbonyl (C=O) groups is 1. The first-order chi connectivity index (χ1) is 10.9. The van der Waals surface area contributed by atoms with Gasteiger partial charge in [-0.25, -0.2) is 13.2 Å². The number of benzene rings is 2. The minimum absolute atomic E-state index is 0.111. The van der Waals surface area contributed by atoms with Crippen molar-refractivity contribution in [3.05, 3.63) is 60.2 Å². The summed E-state index contributed by atoms with van der Waals surface area (Å²) in [6.07, 6.45) is 4.31. The summed E-state index contributed by atoms with van der Waals surface area (Å²) < 4.78 is 27.2. The Labute approximate surface area is 139 Å². The Hall–Kier alpha value is -2.25. The minimum atomic E-state index is -3.69. The average Bonchev–Trinajstić information content (AvgIpc) is 2.53. The van der Waals surface area contributed by atoms with Crippen molar-refractivity contribution in [2.24, 2.45) is 0 Å². The average molecular weight is 349 g/mol. The molecule has 0 spiro atoms. The van der Waals surface area contributed by atoms with Crippen LogP contribution in [0.3, 0.4) is 0 Å². The predicted octanol–water partition coefficient (Wildman–Crippen LogP) is 3.31. The van der Waals surface area contributed by atoms with Crippen molar-refractivity contribution in [2.75, 3.05) is 11.0 Å². The number of hydrogen-bond acceptors (Lipinski definition) is 4. The molecule has 23 heavy (non-hydrogen) atoms. The van der Waals surface area contributed by atoms with Crippen LogP contribution in [-0.4, -0.2) is 25.7 Å². The second-order valence-corrected chi connectivity index (χ2v) is 7.14. The molecule has 0 unspecified atom stereocenters. The van der Waals surface area contributed by atoms with Crippen molar-refractivity contribution in [2.45, 2.75) is 9.79 Å². The highest BCUT2D eigenvalue weighted by molar-refractivity contribution is 7.98. The highest BCUT2D eigenvalue weighted by atomic mass is 32.2. The molecule has 0 aliphatic heterocycles. The maximum Gasteiger partial charge on any atom is 0.328 e. The number of carboxylic acid groups (broad SMARTS) is 1. The maximum absolute atomic E-state index is 12.3. The first-order valence-corrected chi connectivity index (χ1v) is 9.29. The summed E-state index contributed by atoms with van der Waals surface area (Å²) in [7, 11) is -3.69. The second kappa shape index (κ2) is 7.34. The van der Waals surface area contributed by atoms with Crippen LogP contribution >= 0.6 is 11.8 Å². The lowest BCUT2D eigenvalue weighted by Crippen LogP contribution is -2.12. The highest BCUT2D eigenvalue weighted by Crippen LogP contribution is 2.22. The van der Waals surface area contributed by atoms with Crippen molar-refractivity contribution in [1.29, 1.82) is 0 Å². The molecule has 2 aromatic rings. The summed E-state index contributed by atoms with van der Waals surface area (Å²) in [5, 5.41) is 8.57. The van der Waals surface area contributed by atoms with Gasteiger partial charge in [0.15, 0.2) is 0 Å². The molecular weight excluding hydrogens is 334 g/mol. The molecule has 2 aromatic carbocycles. The molecule has 2 N–H and O–H groups in total. The molecule has 0 amide bonds. The van der Waals surface area contributed by atoms with Crippen LogP contribution in [0.15, 0.2) is 64.4 Å². The lowest BCUT2D eigenvalue weighted by atomic mass is 10.2. The van der Waals surface area contributed by atoms with Crippen LogP contribution in [-0.2, 0) is 14.8 Å². The zero-order valence-corrected chi connectivity index (χ0v) is 13.9. The third-order valence-corrected chi connectivity index (χ3v) is 5.05. The van der Waals surface area contributed by atoms with Gasteiger partial charge in [0.1, 0.15) is 0 Å². The third-order valence-electron chi connectivity index (χ3n) is 2.93. The number of hydrogen-bond donors (Lipinski definition) is 2. The summed E-state index contributed by atoms with van der Waals surface area (Å²) in [4.78, 5) is 11.5. The van der Waals surface area contributed by atoms with Gasteiger partial charge in [0.2, 0.25) is 0 Å². The summed E-state index contributed by atoms with van der Waals surface area (Å²) in [5.41, 5.74) is 1.10. The molecule has 0 saturated carbocycles. The van der Waals surface area contributed by atoms with Crippen molar-refractivity contribution < 1.29 is 18.3 Å². The van der Waals surface area contributed by atoms with Crippen LogP contribution in [0.4, 0.5) is 5.69 Å². The number of aliphatic carboxylic acids is 1. The molecule has 0 aliphatic rings. The monoisotopic (exact) mass is 349 g/mol. The Morgan fingerprint density at radius 3 is 2.48 bits per heavy atom. The molecule has 0 aromatic heterocycles. The van der Waals surface area contributed by atoms with Crippen LogP contribution in [0.25, 0.3) is 6.08 Å². The van der Waals surface area contributed by atoms with Gasteiger partial charge in [0.05, 0.1) is 4.90 Å². The van der Waals surface area contributed by atoms with Gasteiger partial charge in [-0.1, -0.05) is 18.2 Å². The number of nitrogens with one attached hydrogen (secondary N) is 1. The first-order valence-electron chi connectivity index (χ1n) is 6.59. The minimum Gasteiger partial charge on any atom is -0.478 e. The zero-order valence-electron chi connectivity index (χ0n) is 12.3. The lowest BCUT2D eigenvalue weighted by molar-refractivity contribution is -0.131. The van der Waals surface area contributed by atoms with Crippen molar-refractivity contribution in [3.63, 3.8) is 0 Å². The van der Waals surface area contributed by atoms with Gasteiger partial charge in [-0.15, -0.1) is 11.8 Å². The molecule has 120 valence electrons. The molecule has 0 radical (unpaired) electrons. The normalized spacial score (nSPS) is 11.5. The van der Waals surface area contributed by atoms with E-state index in [1.165, 1.54) is 30.0 Å². The van der Waals surface area contributed by atoms with E-state index in [0.29, 0.717) is 11.3 Å². The topological polar surface area (TPSA) is 83.5 Å². The maximum atomic E-state index is 12.3. The molecule has 5 nitrogen and oxygen atoms in total. The number of thioether (sulfide) groups is 1. The Morgan fingerprint density at radius 1 is 1.17 bits per heavy atom. The molecule has 7 heteroatoms. The molecule has 0 atom stereocenters. The number of anilines is 1. The van der Waals surface area contributed by atoms with Gasteiger partial charge in [-0.2, -0.15) is 0 Å². The summed E-state index contributed by atoms with van der Waals surface area (Å²) in [6, 6.07) is 13.1. The van der Waals surface area contributed by atoms with Crippen LogP contribution in [0.2, 0.25) is 0 Å². The van der Waals surface area contributed by atoms with E-state index in [-0.39, 0.29) is 4.90 Å². The van der Waals surface area contributed by atoms with Crippen LogP contribution in [0, 0.1) is 0 Å². The summed E-state index contributed by atoms with van der Waals surface area (Å²) in [5.74, 6) is -1.06. The summed E-state index contributed by atoms with van der Waals surface area (Å²) >= 11 is 1.52. The van der Waals surface area contributed by atoms with E-state index in [4.69, 9.17) is 5.11 Å². The molecule has 2 rings (SSSR count). The first kappa shape index (κ1) is 17.1. The van der Waals surface area contributed by atoms with E-state index in [1.54, 1.807) is 30.3 Å². The summed E-state index contributed by atoms with van der Waals surface area (Å²) in [6.45, 7) is 0. The van der Waals surface area contributed by atoms with Gasteiger partial charge < -0.3 is 5.11 Å². The Balaban J connectivity index is 2.20. The molecule has 0 bridgehead atoms. The van der Waals surface area contributed by atoms with Gasteiger partial charge in [-0.3, -0.25) is 4.72 Å². The Bertz CT molecular complexity index is 827. The molecule has 0 fully saturated rings.